The van der Waals surface area contributed by atoms with Gasteiger partial charge in [-0.2, -0.15) is 5.10 Å². The summed E-state index contributed by atoms with van der Waals surface area (Å²) in [7, 11) is 3.13. The van der Waals surface area contributed by atoms with Gasteiger partial charge in [0.2, 0.25) is 0 Å². The molecule has 4 aromatic heterocycles. The van der Waals surface area contributed by atoms with Crippen molar-refractivity contribution >= 4 is 23.1 Å². The second-order valence-electron chi connectivity index (χ2n) is 6.64. The number of aromatic nitrogens is 4. The predicted octanol–water partition coefficient (Wildman–Crippen LogP) is 3.30. The van der Waals surface area contributed by atoms with E-state index >= 15 is 0 Å². The first-order valence-corrected chi connectivity index (χ1v) is 9.71. The number of ether oxygens (including phenoxy) is 2. The zero-order chi connectivity index (χ0) is 21.8. The Labute approximate surface area is 179 Å². The summed E-state index contributed by atoms with van der Waals surface area (Å²) in [6.45, 7) is 2.41. The van der Waals surface area contributed by atoms with E-state index in [2.05, 4.69) is 25.7 Å². The number of pyridine rings is 3. The molecular weight excluding hydrogens is 396 g/mol. The van der Waals surface area contributed by atoms with Crippen LogP contribution in [0.1, 0.15) is 17.4 Å². The maximum atomic E-state index is 12.0. The molecule has 0 radical (unpaired) electrons. The zero-order valence-electron chi connectivity index (χ0n) is 17.4. The van der Waals surface area contributed by atoms with Crippen LogP contribution < -0.4 is 20.1 Å². The Morgan fingerprint density at radius 2 is 1.94 bits per heavy atom. The number of hydrogen-bond donors (Lipinski definition) is 2. The standard InChI is InChI=1S/C22H22N6O3/c1-4-23-21(29)17-6-5-7-19(25-17)26-20-12-16-10-14(8-9-28(16)27-20)15-11-18(30-2)22(31-3)24-13-15/h5-13H,4H2,1-3H3,(H,23,29)(H,25,26,27). The van der Waals surface area contributed by atoms with Crippen LogP contribution in [0.3, 0.4) is 0 Å². The molecule has 9 heteroatoms. The fourth-order valence-electron chi connectivity index (χ4n) is 3.14. The van der Waals surface area contributed by atoms with Crippen LogP contribution in [-0.4, -0.2) is 46.3 Å². The molecule has 0 aliphatic carbocycles. The molecule has 0 unspecified atom stereocenters. The van der Waals surface area contributed by atoms with Gasteiger partial charge < -0.3 is 20.1 Å². The van der Waals surface area contributed by atoms with E-state index in [1.807, 2.05) is 37.4 Å². The van der Waals surface area contributed by atoms with Crippen LogP contribution in [0.2, 0.25) is 0 Å². The van der Waals surface area contributed by atoms with Crippen LogP contribution in [0, 0.1) is 0 Å². The van der Waals surface area contributed by atoms with E-state index in [-0.39, 0.29) is 5.91 Å². The molecule has 1 amide bonds. The molecule has 2 N–H and O–H groups in total. The van der Waals surface area contributed by atoms with E-state index in [1.54, 1.807) is 43.1 Å². The van der Waals surface area contributed by atoms with Gasteiger partial charge in [0.15, 0.2) is 11.6 Å². The molecule has 0 fully saturated rings. The van der Waals surface area contributed by atoms with Gasteiger partial charge in [-0.1, -0.05) is 6.07 Å². The Balaban J connectivity index is 1.60. The Morgan fingerprint density at radius 3 is 2.71 bits per heavy atom. The van der Waals surface area contributed by atoms with Gasteiger partial charge in [-0.05, 0) is 42.8 Å². The minimum absolute atomic E-state index is 0.214. The van der Waals surface area contributed by atoms with E-state index in [1.165, 1.54) is 0 Å². The van der Waals surface area contributed by atoms with Gasteiger partial charge in [0.1, 0.15) is 11.5 Å². The normalized spacial score (nSPS) is 10.7. The Morgan fingerprint density at radius 1 is 1.06 bits per heavy atom. The molecule has 9 nitrogen and oxygen atoms in total. The van der Waals surface area contributed by atoms with Crippen LogP contribution >= 0.6 is 0 Å². The molecule has 0 spiro atoms. The highest BCUT2D eigenvalue weighted by Gasteiger charge is 2.11. The molecule has 0 saturated carbocycles. The number of hydrogen-bond acceptors (Lipinski definition) is 7. The van der Waals surface area contributed by atoms with Crippen molar-refractivity contribution in [2.24, 2.45) is 0 Å². The van der Waals surface area contributed by atoms with E-state index in [0.717, 1.165) is 16.6 Å². The number of amides is 1. The number of nitrogens with one attached hydrogen (secondary N) is 2. The third-order valence-corrected chi connectivity index (χ3v) is 4.60. The first-order valence-electron chi connectivity index (χ1n) is 9.71. The number of carbonyl (C=O) groups is 1. The van der Waals surface area contributed by atoms with Gasteiger partial charge in [-0.3, -0.25) is 4.79 Å². The highest BCUT2D eigenvalue weighted by atomic mass is 16.5. The third-order valence-electron chi connectivity index (χ3n) is 4.60. The van der Waals surface area contributed by atoms with Crippen molar-refractivity contribution in [3.8, 4) is 22.8 Å². The van der Waals surface area contributed by atoms with Gasteiger partial charge in [-0.15, -0.1) is 0 Å². The minimum Gasteiger partial charge on any atom is -0.491 e. The summed E-state index contributed by atoms with van der Waals surface area (Å²) in [6.07, 6.45) is 3.60. The van der Waals surface area contributed by atoms with E-state index in [9.17, 15) is 4.79 Å². The number of fused-ring (bicyclic) bond motifs is 1. The average Bonchev–Trinajstić information content (AvgIpc) is 3.20. The van der Waals surface area contributed by atoms with Crippen molar-refractivity contribution < 1.29 is 14.3 Å². The lowest BCUT2D eigenvalue weighted by atomic mass is 10.1. The average molecular weight is 418 g/mol. The van der Waals surface area contributed by atoms with Crippen molar-refractivity contribution in [3.63, 3.8) is 0 Å². The van der Waals surface area contributed by atoms with Gasteiger partial charge in [0, 0.05) is 30.6 Å². The topological polar surface area (TPSA) is 103 Å². The Kier molecular flexibility index (Phi) is 5.65. The fraction of sp³-hybridized carbons (Fsp3) is 0.182. The zero-order valence-corrected chi connectivity index (χ0v) is 17.4. The van der Waals surface area contributed by atoms with Gasteiger partial charge >= 0.3 is 0 Å². The highest BCUT2D eigenvalue weighted by Crippen LogP contribution is 2.30. The largest absolute Gasteiger partial charge is 0.491 e. The number of anilines is 2. The van der Waals surface area contributed by atoms with Gasteiger partial charge in [0.05, 0.1) is 19.7 Å². The van der Waals surface area contributed by atoms with Crippen LogP contribution in [-0.2, 0) is 0 Å². The first-order chi connectivity index (χ1) is 15.1. The van der Waals surface area contributed by atoms with E-state index < -0.39 is 0 Å². The maximum Gasteiger partial charge on any atom is 0.269 e. The summed E-state index contributed by atoms with van der Waals surface area (Å²) in [5.41, 5.74) is 3.09. The van der Waals surface area contributed by atoms with Crippen molar-refractivity contribution in [2.75, 3.05) is 26.1 Å². The molecule has 0 bridgehead atoms. The lowest BCUT2D eigenvalue weighted by Crippen LogP contribution is -2.23. The third kappa shape index (κ3) is 4.25. The summed E-state index contributed by atoms with van der Waals surface area (Å²) in [5, 5.41) is 10.4. The quantitative estimate of drug-likeness (QED) is 0.475. The van der Waals surface area contributed by atoms with E-state index in [4.69, 9.17) is 9.47 Å². The lowest BCUT2D eigenvalue weighted by Gasteiger charge is -2.08. The molecule has 0 aliphatic heterocycles. The maximum absolute atomic E-state index is 12.0. The number of rotatable bonds is 7. The molecule has 0 saturated heterocycles. The lowest BCUT2D eigenvalue weighted by molar-refractivity contribution is 0.0951. The van der Waals surface area contributed by atoms with Gasteiger partial charge in [0.25, 0.3) is 11.8 Å². The molecule has 0 aliphatic rings. The second-order valence-corrected chi connectivity index (χ2v) is 6.64. The number of methoxy groups -OCH3 is 2. The van der Waals surface area contributed by atoms with Crippen LogP contribution in [0.5, 0.6) is 11.6 Å². The van der Waals surface area contributed by atoms with Crippen LogP contribution in [0.4, 0.5) is 11.6 Å². The smallest absolute Gasteiger partial charge is 0.269 e. The monoisotopic (exact) mass is 418 g/mol. The number of nitrogens with zero attached hydrogens (tertiary/aromatic N) is 4. The predicted molar refractivity (Wildman–Crippen MR) is 117 cm³/mol. The Hall–Kier alpha value is -4.14. The Bertz CT molecular complexity index is 1240. The van der Waals surface area contributed by atoms with Crippen molar-refractivity contribution in [1.29, 1.82) is 0 Å². The highest BCUT2D eigenvalue weighted by molar-refractivity contribution is 5.92. The van der Waals surface area contributed by atoms with Crippen LogP contribution in [0.25, 0.3) is 16.6 Å². The summed E-state index contributed by atoms with van der Waals surface area (Å²) < 4.78 is 12.3. The SMILES string of the molecule is CCNC(=O)c1cccc(Nc2cc3cc(-c4cnc(OC)c(OC)c4)ccn3n2)n1. The summed E-state index contributed by atoms with van der Waals surface area (Å²) >= 11 is 0. The molecule has 31 heavy (non-hydrogen) atoms. The molecule has 158 valence electrons. The molecule has 0 atom stereocenters. The van der Waals surface area contributed by atoms with Crippen LogP contribution in [0.15, 0.2) is 54.9 Å². The molecule has 0 aromatic carbocycles. The molecule has 4 aromatic rings. The first kappa shape index (κ1) is 20.1. The fourth-order valence-corrected chi connectivity index (χ4v) is 3.14. The summed E-state index contributed by atoms with van der Waals surface area (Å²) in [5.74, 6) is 1.94. The van der Waals surface area contributed by atoms with E-state index in [0.29, 0.717) is 35.5 Å². The van der Waals surface area contributed by atoms with Gasteiger partial charge in [-0.25, -0.2) is 14.5 Å². The molecular formula is C22H22N6O3. The summed E-state index contributed by atoms with van der Waals surface area (Å²) in [6, 6.07) is 13.0. The second kappa shape index (κ2) is 8.70. The summed E-state index contributed by atoms with van der Waals surface area (Å²) in [4.78, 5) is 20.7. The van der Waals surface area contributed by atoms with Crippen molar-refractivity contribution in [1.82, 2.24) is 24.9 Å². The molecule has 4 heterocycles. The number of carbonyl (C=O) groups excluding carboxylic acids is 1. The van der Waals surface area contributed by atoms with Crippen molar-refractivity contribution in [2.45, 2.75) is 6.92 Å². The minimum atomic E-state index is -0.214. The molecule has 4 rings (SSSR count). The van der Waals surface area contributed by atoms with Crippen molar-refractivity contribution in [3.05, 3.63) is 60.6 Å².